The van der Waals surface area contributed by atoms with E-state index in [2.05, 4.69) is 15.6 Å². The van der Waals surface area contributed by atoms with Crippen LogP contribution in [0.1, 0.15) is 37.4 Å². The van der Waals surface area contributed by atoms with Gasteiger partial charge in [0.2, 0.25) is 11.8 Å². The van der Waals surface area contributed by atoms with Crippen LogP contribution in [0.25, 0.3) is 0 Å². The average Bonchev–Trinajstić information content (AvgIpc) is 3.42. The van der Waals surface area contributed by atoms with E-state index in [1.165, 1.54) is 18.7 Å². The van der Waals surface area contributed by atoms with Crippen molar-refractivity contribution >= 4 is 35.0 Å². The minimum Gasteiger partial charge on any atom is -0.376 e. The van der Waals surface area contributed by atoms with Crippen LogP contribution in [0.5, 0.6) is 0 Å². The lowest BCUT2D eigenvalue weighted by molar-refractivity contribution is -0.114. The molecule has 2 aliphatic rings. The van der Waals surface area contributed by atoms with Gasteiger partial charge in [-0.05, 0) is 56.4 Å². The fraction of sp³-hybridized carbons (Fsp3) is 0.455. The summed E-state index contributed by atoms with van der Waals surface area (Å²) in [5.41, 5.74) is 3.20. The van der Waals surface area contributed by atoms with Crippen LogP contribution in [0.15, 0.2) is 34.1 Å². The van der Waals surface area contributed by atoms with Gasteiger partial charge >= 0.3 is 5.69 Å². The third-order valence-electron chi connectivity index (χ3n) is 5.44. The standard InChI is InChI=1S/C22H26N4O4S/c1-14(27)23-15-7-9-16(10-8-15)24-20(28)13-31-21-18-5-2-6-19(18)26(22(29)25-21)12-17-4-3-11-30-17/h7-10,17H,2-6,11-13H2,1H3,(H,23,27)(H,24,28)/t17-/m0/s1. The molecule has 2 heterocycles. The van der Waals surface area contributed by atoms with E-state index in [4.69, 9.17) is 4.74 Å². The summed E-state index contributed by atoms with van der Waals surface area (Å²) in [6.07, 6.45) is 4.83. The van der Waals surface area contributed by atoms with Crippen molar-refractivity contribution in [2.45, 2.75) is 56.7 Å². The predicted molar refractivity (Wildman–Crippen MR) is 120 cm³/mol. The molecule has 31 heavy (non-hydrogen) atoms. The number of aromatic nitrogens is 2. The number of benzene rings is 1. The normalized spacial score (nSPS) is 17.4. The second-order valence-corrected chi connectivity index (χ2v) is 8.78. The molecule has 4 rings (SSSR count). The fourth-order valence-electron chi connectivity index (χ4n) is 4.06. The molecule has 1 aromatic heterocycles. The Balaban J connectivity index is 1.39. The number of amides is 2. The number of carbonyl (C=O) groups is 2. The molecule has 1 aliphatic carbocycles. The number of nitrogens with zero attached hydrogens (tertiary/aromatic N) is 2. The molecule has 0 radical (unpaired) electrons. The van der Waals surface area contributed by atoms with Crippen LogP contribution in [0.4, 0.5) is 11.4 Å². The van der Waals surface area contributed by atoms with E-state index in [-0.39, 0.29) is 29.4 Å². The molecule has 2 N–H and O–H groups in total. The van der Waals surface area contributed by atoms with E-state index in [1.807, 2.05) is 0 Å². The van der Waals surface area contributed by atoms with E-state index < -0.39 is 0 Å². The third kappa shape index (κ3) is 5.34. The highest BCUT2D eigenvalue weighted by Crippen LogP contribution is 2.30. The summed E-state index contributed by atoms with van der Waals surface area (Å²) in [5, 5.41) is 6.18. The number of hydrogen-bond donors (Lipinski definition) is 2. The zero-order valence-electron chi connectivity index (χ0n) is 17.5. The molecule has 0 unspecified atom stereocenters. The summed E-state index contributed by atoms with van der Waals surface area (Å²) in [6, 6.07) is 6.92. The lowest BCUT2D eigenvalue weighted by Gasteiger charge is -2.17. The number of anilines is 2. The van der Waals surface area contributed by atoms with Gasteiger partial charge in [-0.15, -0.1) is 0 Å². The maximum Gasteiger partial charge on any atom is 0.348 e. The first-order valence-electron chi connectivity index (χ1n) is 10.5. The first-order valence-corrected chi connectivity index (χ1v) is 11.5. The van der Waals surface area contributed by atoms with E-state index in [0.717, 1.165) is 50.0 Å². The van der Waals surface area contributed by atoms with Gasteiger partial charge in [-0.1, -0.05) is 11.8 Å². The molecule has 9 heteroatoms. The van der Waals surface area contributed by atoms with Crippen molar-refractivity contribution in [3.05, 3.63) is 46.0 Å². The number of ether oxygens (including phenoxy) is 1. The van der Waals surface area contributed by atoms with Gasteiger partial charge in [-0.25, -0.2) is 4.79 Å². The molecule has 1 fully saturated rings. The first-order chi connectivity index (χ1) is 15.0. The topological polar surface area (TPSA) is 102 Å². The van der Waals surface area contributed by atoms with Crippen molar-refractivity contribution in [3.8, 4) is 0 Å². The van der Waals surface area contributed by atoms with Gasteiger partial charge in [0.1, 0.15) is 5.03 Å². The van der Waals surface area contributed by atoms with E-state index in [1.54, 1.807) is 28.8 Å². The third-order valence-corrected chi connectivity index (χ3v) is 6.46. The number of fused-ring (bicyclic) bond motifs is 1. The van der Waals surface area contributed by atoms with Gasteiger partial charge in [0.25, 0.3) is 0 Å². The lowest BCUT2D eigenvalue weighted by atomic mass is 10.2. The molecule has 0 saturated carbocycles. The van der Waals surface area contributed by atoms with Gasteiger partial charge in [0, 0.05) is 36.2 Å². The number of rotatable bonds is 7. The molecule has 164 valence electrons. The van der Waals surface area contributed by atoms with Crippen LogP contribution in [-0.4, -0.2) is 39.8 Å². The van der Waals surface area contributed by atoms with Crippen LogP contribution in [0.2, 0.25) is 0 Å². The molecule has 2 aromatic rings. The van der Waals surface area contributed by atoms with E-state index in [0.29, 0.717) is 22.9 Å². The van der Waals surface area contributed by atoms with Crippen LogP contribution < -0.4 is 16.3 Å². The Morgan fingerprint density at radius 1 is 1.16 bits per heavy atom. The van der Waals surface area contributed by atoms with Crippen molar-refractivity contribution in [2.24, 2.45) is 0 Å². The number of nitrogens with one attached hydrogen (secondary N) is 2. The van der Waals surface area contributed by atoms with Crippen molar-refractivity contribution in [1.82, 2.24) is 9.55 Å². The molecular formula is C22H26N4O4S. The van der Waals surface area contributed by atoms with Gasteiger partial charge in [-0.2, -0.15) is 4.98 Å². The molecule has 0 bridgehead atoms. The molecule has 0 spiro atoms. The number of carbonyl (C=O) groups excluding carboxylic acids is 2. The highest BCUT2D eigenvalue weighted by Gasteiger charge is 2.25. The second-order valence-electron chi connectivity index (χ2n) is 7.82. The van der Waals surface area contributed by atoms with Gasteiger partial charge < -0.3 is 15.4 Å². The van der Waals surface area contributed by atoms with Crippen LogP contribution >= 0.6 is 11.8 Å². The molecule has 8 nitrogen and oxygen atoms in total. The Morgan fingerprint density at radius 3 is 2.58 bits per heavy atom. The maximum atomic E-state index is 12.7. The Labute approximate surface area is 184 Å². The van der Waals surface area contributed by atoms with Crippen molar-refractivity contribution in [3.63, 3.8) is 0 Å². The van der Waals surface area contributed by atoms with Gasteiger partial charge in [0.15, 0.2) is 0 Å². The van der Waals surface area contributed by atoms with Crippen molar-refractivity contribution in [1.29, 1.82) is 0 Å². The summed E-state index contributed by atoms with van der Waals surface area (Å²) < 4.78 is 7.47. The van der Waals surface area contributed by atoms with Crippen LogP contribution in [0, 0.1) is 0 Å². The molecule has 1 atom stereocenters. The van der Waals surface area contributed by atoms with Crippen LogP contribution in [0.3, 0.4) is 0 Å². The quantitative estimate of drug-likeness (QED) is 0.505. The molecule has 2 amide bonds. The fourth-order valence-corrected chi connectivity index (χ4v) is 4.93. The van der Waals surface area contributed by atoms with Crippen LogP contribution in [-0.2, 0) is 33.7 Å². The summed E-state index contributed by atoms with van der Waals surface area (Å²) in [7, 11) is 0. The van der Waals surface area contributed by atoms with Crippen molar-refractivity contribution < 1.29 is 14.3 Å². The number of hydrogen-bond acceptors (Lipinski definition) is 6. The van der Waals surface area contributed by atoms with Gasteiger partial charge in [-0.3, -0.25) is 14.2 Å². The predicted octanol–water partition coefficient (Wildman–Crippen LogP) is 2.60. The smallest absolute Gasteiger partial charge is 0.348 e. The zero-order chi connectivity index (χ0) is 21.8. The van der Waals surface area contributed by atoms with E-state index in [9.17, 15) is 14.4 Å². The summed E-state index contributed by atoms with van der Waals surface area (Å²) in [4.78, 5) is 40.5. The molecule has 1 aromatic carbocycles. The highest BCUT2D eigenvalue weighted by atomic mass is 32.2. The Kier molecular flexibility index (Phi) is 6.72. The van der Waals surface area contributed by atoms with E-state index >= 15 is 0 Å². The lowest BCUT2D eigenvalue weighted by Crippen LogP contribution is -2.31. The number of thioether (sulfide) groups is 1. The molecule has 1 aliphatic heterocycles. The molecule has 1 saturated heterocycles. The largest absolute Gasteiger partial charge is 0.376 e. The Hall–Kier alpha value is -2.65. The summed E-state index contributed by atoms with van der Waals surface area (Å²) in [6.45, 7) is 2.76. The summed E-state index contributed by atoms with van der Waals surface area (Å²) in [5.74, 6) is -0.150. The minimum absolute atomic E-state index is 0.0884. The zero-order valence-corrected chi connectivity index (χ0v) is 18.3. The average molecular weight is 443 g/mol. The molecular weight excluding hydrogens is 416 g/mol. The van der Waals surface area contributed by atoms with Crippen molar-refractivity contribution in [2.75, 3.05) is 23.0 Å². The summed E-state index contributed by atoms with van der Waals surface area (Å²) >= 11 is 1.31. The second kappa shape index (κ2) is 9.65. The van der Waals surface area contributed by atoms with Gasteiger partial charge in [0.05, 0.1) is 18.4 Å². The Morgan fingerprint density at radius 2 is 1.90 bits per heavy atom. The maximum absolute atomic E-state index is 12.7. The Bertz CT molecular complexity index is 1030. The first kappa shape index (κ1) is 21.6. The monoisotopic (exact) mass is 442 g/mol. The SMILES string of the molecule is CC(=O)Nc1ccc(NC(=O)CSc2nc(=O)n(C[C@@H]3CCCO3)c3c2CCC3)cc1. The highest BCUT2D eigenvalue weighted by molar-refractivity contribution is 8.00. The minimum atomic E-state index is -0.257.